The maximum absolute atomic E-state index is 13.1. The molecule has 1 saturated heterocycles. The lowest BCUT2D eigenvalue weighted by Gasteiger charge is -2.36. The first kappa shape index (κ1) is 24.2. The minimum atomic E-state index is -1.95. The van der Waals surface area contributed by atoms with Gasteiger partial charge in [-0.3, -0.25) is 4.79 Å². The topological polar surface area (TPSA) is 67.9 Å². The molecule has 0 radical (unpaired) electrons. The lowest BCUT2D eigenvalue weighted by Crippen LogP contribution is -2.44. The summed E-state index contributed by atoms with van der Waals surface area (Å²) < 4.78 is 11.7. The van der Waals surface area contributed by atoms with Crippen LogP contribution >= 0.6 is 0 Å². The molecule has 2 rings (SSSR count). The lowest BCUT2D eigenvalue weighted by atomic mass is 10.1. The van der Waals surface area contributed by atoms with Crippen molar-refractivity contribution in [3.63, 3.8) is 0 Å². The first-order chi connectivity index (χ1) is 13.7. The second-order valence-corrected chi connectivity index (χ2v) is 15.3. The summed E-state index contributed by atoms with van der Waals surface area (Å²) in [5.41, 5.74) is 0.0898. The SMILES string of the molecule is CC(C)(C)OC(=O)N[C@H](C(=O)N1CCCC1)c1ccc(O[Si](C)(C)C(C)(C)C)cc1. The van der Waals surface area contributed by atoms with Gasteiger partial charge < -0.3 is 19.4 Å². The predicted octanol–water partition coefficient (Wildman–Crippen LogP) is 5.26. The van der Waals surface area contributed by atoms with Crippen molar-refractivity contribution in [1.29, 1.82) is 0 Å². The second-order valence-electron chi connectivity index (χ2n) is 10.5. The van der Waals surface area contributed by atoms with Gasteiger partial charge in [-0.15, -0.1) is 0 Å². The van der Waals surface area contributed by atoms with Gasteiger partial charge in [0.15, 0.2) is 0 Å². The van der Waals surface area contributed by atoms with Crippen molar-refractivity contribution in [2.75, 3.05) is 13.1 Å². The molecule has 1 aliphatic heterocycles. The lowest BCUT2D eigenvalue weighted by molar-refractivity contribution is -0.132. The van der Waals surface area contributed by atoms with Crippen LogP contribution in [0.2, 0.25) is 18.1 Å². The molecule has 1 aromatic carbocycles. The number of hydrogen-bond donors (Lipinski definition) is 1. The number of benzene rings is 1. The van der Waals surface area contributed by atoms with Crippen LogP contribution in [0.4, 0.5) is 4.79 Å². The molecule has 6 nitrogen and oxygen atoms in total. The summed E-state index contributed by atoms with van der Waals surface area (Å²) in [5, 5.41) is 2.87. The van der Waals surface area contributed by atoms with Crippen molar-refractivity contribution in [3.05, 3.63) is 29.8 Å². The molecule has 0 aromatic heterocycles. The van der Waals surface area contributed by atoms with E-state index in [1.54, 1.807) is 20.8 Å². The number of hydrogen-bond acceptors (Lipinski definition) is 4. The Morgan fingerprint density at radius 1 is 1.00 bits per heavy atom. The van der Waals surface area contributed by atoms with E-state index in [2.05, 4.69) is 39.2 Å². The molecular weight excluding hydrogens is 396 g/mol. The van der Waals surface area contributed by atoms with Crippen LogP contribution in [0.15, 0.2) is 24.3 Å². The maximum Gasteiger partial charge on any atom is 0.408 e. The van der Waals surface area contributed by atoms with Crippen molar-refractivity contribution in [1.82, 2.24) is 10.2 Å². The molecule has 0 aliphatic carbocycles. The van der Waals surface area contributed by atoms with Crippen LogP contribution in [0, 0.1) is 0 Å². The second kappa shape index (κ2) is 9.00. The Labute approximate surface area is 182 Å². The normalized spacial score (nSPS) is 16.2. The highest BCUT2D eigenvalue weighted by Gasteiger charge is 2.39. The summed E-state index contributed by atoms with van der Waals surface area (Å²) in [6, 6.07) is 6.71. The molecular formula is C23H38N2O4Si. The molecule has 1 N–H and O–H groups in total. The van der Waals surface area contributed by atoms with E-state index in [4.69, 9.17) is 9.16 Å². The molecule has 1 aliphatic rings. The highest BCUT2D eigenvalue weighted by molar-refractivity contribution is 6.74. The molecule has 30 heavy (non-hydrogen) atoms. The zero-order valence-electron chi connectivity index (χ0n) is 19.8. The fraction of sp³-hybridized carbons (Fsp3) is 0.652. The summed E-state index contributed by atoms with van der Waals surface area (Å²) >= 11 is 0. The number of ether oxygens (including phenoxy) is 1. The van der Waals surface area contributed by atoms with E-state index >= 15 is 0 Å². The number of amides is 2. The van der Waals surface area contributed by atoms with Crippen molar-refractivity contribution in [3.8, 4) is 5.75 Å². The van der Waals surface area contributed by atoms with Crippen molar-refractivity contribution in [2.24, 2.45) is 0 Å². The van der Waals surface area contributed by atoms with E-state index < -0.39 is 26.1 Å². The molecule has 0 saturated carbocycles. The first-order valence-corrected chi connectivity index (χ1v) is 13.7. The van der Waals surface area contributed by atoms with Gasteiger partial charge in [-0.25, -0.2) is 4.79 Å². The average Bonchev–Trinajstić information content (AvgIpc) is 3.11. The van der Waals surface area contributed by atoms with Crippen molar-refractivity contribution < 1.29 is 18.8 Å². The monoisotopic (exact) mass is 434 g/mol. The Kier molecular flexibility index (Phi) is 7.27. The number of alkyl carbamates (subject to hydrolysis) is 1. The molecule has 1 fully saturated rings. The molecule has 168 valence electrons. The van der Waals surface area contributed by atoms with Gasteiger partial charge in [-0.2, -0.15) is 0 Å². The summed E-state index contributed by atoms with van der Waals surface area (Å²) in [5.74, 6) is 0.686. The number of nitrogens with one attached hydrogen (secondary N) is 1. The van der Waals surface area contributed by atoms with Gasteiger partial charge in [0.05, 0.1) is 0 Å². The molecule has 1 atom stereocenters. The third kappa shape index (κ3) is 6.49. The molecule has 1 heterocycles. The molecule has 0 spiro atoms. The zero-order chi connectivity index (χ0) is 22.7. The number of carbonyl (C=O) groups excluding carboxylic acids is 2. The standard InChI is InChI=1S/C23H38N2O4Si/c1-22(2,3)28-21(27)24-19(20(26)25-15-9-10-16-25)17-11-13-18(14-12-17)29-30(7,8)23(4,5)6/h11-14,19H,9-10,15-16H2,1-8H3,(H,24,27)/t19-/m0/s1. The van der Waals surface area contributed by atoms with Crippen LogP contribution < -0.4 is 9.74 Å². The molecule has 0 bridgehead atoms. The molecule has 2 amide bonds. The number of rotatable bonds is 5. The quantitative estimate of drug-likeness (QED) is 0.642. The Balaban J connectivity index is 2.22. The largest absolute Gasteiger partial charge is 0.544 e. The van der Waals surface area contributed by atoms with Gasteiger partial charge in [0.25, 0.3) is 0 Å². The first-order valence-electron chi connectivity index (χ1n) is 10.8. The Morgan fingerprint density at radius 3 is 2.00 bits per heavy atom. The third-order valence-corrected chi connectivity index (χ3v) is 10.1. The van der Waals surface area contributed by atoms with Gasteiger partial charge in [-0.1, -0.05) is 32.9 Å². The van der Waals surface area contributed by atoms with Crippen molar-refractivity contribution in [2.45, 2.75) is 84.2 Å². The van der Waals surface area contributed by atoms with Crippen LogP contribution in [0.5, 0.6) is 5.75 Å². The molecule has 0 unspecified atom stereocenters. The van der Waals surface area contributed by atoms with E-state index in [0.717, 1.165) is 37.2 Å². The summed E-state index contributed by atoms with van der Waals surface area (Å²) in [7, 11) is -1.95. The number of likely N-dealkylation sites (tertiary alicyclic amines) is 1. The minimum absolute atomic E-state index is 0.0954. The van der Waals surface area contributed by atoms with Crippen LogP contribution in [0.25, 0.3) is 0 Å². The Hall–Kier alpha value is -2.02. The van der Waals surface area contributed by atoms with E-state index in [0.29, 0.717) is 0 Å². The van der Waals surface area contributed by atoms with Crippen LogP contribution in [-0.4, -0.2) is 43.9 Å². The van der Waals surface area contributed by atoms with Gasteiger partial charge in [-0.05, 0) is 69.4 Å². The van der Waals surface area contributed by atoms with Crippen LogP contribution in [0.1, 0.15) is 66.0 Å². The fourth-order valence-corrected chi connectivity index (χ4v) is 4.04. The van der Waals surface area contributed by atoms with Gasteiger partial charge in [0.2, 0.25) is 14.2 Å². The minimum Gasteiger partial charge on any atom is -0.544 e. The van der Waals surface area contributed by atoms with Gasteiger partial charge in [0.1, 0.15) is 17.4 Å². The third-order valence-electron chi connectivity index (χ3n) is 5.72. The smallest absolute Gasteiger partial charge is 0.408 e. The van der Waals surface area contributed by atoms with Crippen LogP contribution in [-0.2, 0) is 9.53 Å². The van der Waals surface area contributed by atoms with Gasteiger partial charge in [0, 0.05) is 13.1 Å². The summed E-state index contributed by atoms with van der Waals surface area (Å²) in [6.45, 7) is 17.8. The highest BCUT2D eigenvalue weighted by atomic mass is 28.4. The van der Waals surface area contributed by atoms with E-state index in [-0.39, 0.29) is 10.9 Å². The number of carbonyl (C=O) groups is 2. The zero-order valence-corrected chi connectivity index (χ0v) is 20.8. The van der Waals surface area contributed by atoms with Gasteiger partial charge >= 0.3 is 6.09 Å². The Morgan fingerprint density at radius 2 is 1.53 bits per heavy atom. The van der Waals surface area contributed by atoms with E-state index in [1.807, 2.05) is 29.2 Å². The maximum atomic E-state index is 13.1. The summed E-state index contributed by atoms with van der Waals surface area (Å²) in [6.07, 6.45) is 1.38. The average molecular weight is 435 g/mol. The predicted molar refractivity (Wildman–Crippen MR) is 122 cm³/mol. The van der Waals surface area contributed by atoms with Crippen molar-refractivity contribution >= 4 is 20.3 Å². The highest BCUT2D eigenvalue weighted by Crippen LogP contribution is 2.37. The van der Waals surface area contributed by atoms with Crippen LogP contribution in [0.3, 0.4) is 0 Å². The summed E-state index contributed by atoms with van der Waals surface area (Å²) in [4.78, 5) is 27.3. The fourth-order valence-electron chi connectivity index (χ4n) is 3.01. The van der Waals surface area contributed by atoms with E-state index in [9.17, 15) is 9.59 Å². The molecule has 1 aromatic rings. The van der Waals surface area contributed by atoms with E-state index in [1.165, 1.54) is 0 Å². The molecule has 7 heteroatoms. The Bertz CT molecular complexity index is 742. The number of nitrogens with zero attached hydrogens (tertiary/aromatic N) is 1.